The maximum atomic E-state index is 10.6. The first kappa shape index (κ1) is 7.15. The molecule has 1 rings (SSSR count). The average molecular weight is 161 g/mol. The summed E-state index contributed by atoms with van der Waals surface area (Å²) in [6.07, 6.45) is 1.40. The molecule has 0 aliphatic heterocycles. The van der Waals surface area contributed by atoms with Gasteiger partial charge in [-0.1, -0.05) is 0 Å². The van der Waals surface area contributed by atoms with Crippen molar-refractivity contribution in [3.05, 3.63) is 23.7 Å². The maximum absolute atomic E-state index is 10.6. The smallest absolute Gasteiger partial charge is 0.392 e. The second-order valence-electron chi connectivity index (χ2n) is 1.80. The van der Waals surface area contributed by atoms with Crippen molar-refractivity contribution in [2.24, 2.45) is 0 Å². The van der Waals surface area contributed by atoms with Crippen LogP contribution in [-0.2, 0) is 4.29 Å². The van der Waals surface area contributed by atoms with Crippen LogP contribution < -0.4 is 0 Å². The van der Waals surface area contributed by atoms with Crippen molar-refractivity contribution >= 4 is 17.8 Å². The highest BCUT2D eigenvalue weighted by atomic mass is 35.5. The molecule has 0 saturated heterocycles. The fourth-order valence-electron chi connectivity index (χ4n) is 0.617. The highest BCUT2D eigenvalue weighted by Crippen LogP contribution is 2.10. The standard InChI is InChI=1S/C6H5ClO3/c1-4-2-3-9-5(4)6(8)10-7/h2-3H,1H3. The van der Waals surface area contributed by atoms with Crippen molar-refractivity contribution in [2.45, 2.75) is 6.92 Å². The molecule has 0 atom stereocenters. The number of carbonyl (C=O) groups excluding carboxylic acids is 1. The van der Waals surface area contributed by atoms with Gasteiger partial charge in [0.15, 0.2) is 0 Å². The molecule has 0 aliphatic carbocycles. The van der Waals surface area contributed by atoms with Crippen LogP contribution in [-0.4, -0.2) is 5.97 Å². The van der Waals surface area contributed by atoms with Gasteiger partial charge in [-0.25, -0.2) is 4.79 Å². The zero-order valence-corrected chi connectivity index (χ0v) is 6.01. The number of hydrogen-bond donors (Lipinski definition) is 0. The minimum absolute atomic E-state index is 0.148. The number of halogens is 1. The third-order valence-corrected chi connectivity index (χ3v) is 1.26. The molecule has 0 aliphatic rings. The Morgan fingerprint density at radius 2 is 2.50 bits per heavy atom. The summed E-state index contributed by atoms with van der Waals surface area (Å²) < 4.78 is 8.67. The van der Waals surface area contributed by atoms with Crippen LogP contribution in [0.15, 0.2) is 16.7 Å². The molecular formula is C6H5ClO3. The molecule has 10 heavy (non-hydrogen) atoms. The van der Waals surface area contributed by atoms with Gasteiger partial charge in [0, 0.05) is 5.56 Å². The van der Waals surface area contributed by atoms with Crippen molar-refractivity contribution in [2.75, 3.05) is 0 Å². The Morgan fingerprint density at radius 3 is 2.90 bits per heavy atom. The number of carbonyl (C=O) groups is 1. The van der Waals surface area contributed by atoms with Gasteiger partial charge in [0.25, 0.3) is 0 Å². The molecule has 1 aromatic rings. The number of aryl methyl sites for hydroxylation is 1. The molecule has 0 aromatic carbocycles. The number of hydrogen-bond acceptors (Lipinski definition) is 3. The first-order valence-corrected chi connectivity index (χ1v) is 2.93. The summed E-state index contributed by atoms with van der Waals surface area (Å²) in [5, 5.41) is 0. The van der Waals surface area contributed by atoms with Gasteiger partial charge in [0.2, 0.25) is 5.76 Å². The van der Waals surface area contributed by atoms with E-state index in [2.05, 4.69) is 4.29 Å². The molecule has 1 aromatic heterocycles. The Balaban J connectivity index is 2.93. The molecule has 3 nitrogen and oxygen atoms in total. The van der Waals surface area contributed by atoms with Crippen LogP contribution in [0.1, 0.15) is 16.1 Å². The lowest BCUT2D eigenvalue weighted by atomic mass is 10.3. The van der Waals surface area contributed by atoms with E-state index in [1.54, 1.807) is 13.0 Å². The van der Waals surface area contributed by atoms with E-state index < -0.39 is 5.97 Å². The van der Waals surface area contributed by atoms with E-state index in [-0.39, 0.29) is 5.76 Å². The van der Waals surface area contributed by atoms with Crippen molar-refractivity contribution in [1.82, 2.24) is 0 Å². The van der Waals surface area contributed by atoms with E-state index in [1.807, 2.05) is 0 Å². The first-order valence-electron chi connectivity index (χ1n) is 2.62. The Hall–Kier alpha value is -0.960. The van der Waals surface area contributed by atoms with Gasteiger partial charge in [0.1, 0.15) is 11.9 Å². The van der Waals surface area contributed by atoms with E-state index >= 15 is 0 Å². The first-order chi connectivity index (χ1) is 4.75. The Morgan fingerprint density at radius 1 is 1.80 bits per heavy atom. The highest BCUT2D eigenvalue weighted by molar-refractivity contribution is 6.15. The van der Waals surface area contributed by atoms with E-state index in [0.29, 0.717) is 5.56 Å². The topological polar surface area (TPSA) is 39.4 Å². The SMILES string of the molecule is Cc1ccoc1C(=O)OCl. The molecule has 0 radical (unpaired) electrons. The van der Waals surface area contributed by atoms with Gasteiger partial charge in [-0.3, -0.25) is 0 Å². The van der Waals surface area contributed by atoms with Crippen LogP contribution in [0.5, 0.6) is 0 Å². The lowest BCUT2D eigenvalue weighted by Crippen LogP contribution is -1.97. The minimum Gasteiger partial charge on any atom is -0.457 e. The van der Waals surface area contributed by atoms with Gasteiger partial charge in [-0.15, -0.1) is 0 Å². The largest absolute Gasteiger partial charge is 0.457 e. The molecule has 54 valence electrons. The zero-order chi connectivity index (χ0) is 7.56. The number of furan rings is 1. The summed E-state index contributed by atoms with van der Waals surface area (Å²) in [5.74, 6) is -0.515. The van der Waals surface area contributed by atoms with Crippen LogP contribution in [0.3, 0.4) is 0 Å². The lowest BCUT2D eigenvalue weighted by molar-refractivity contribution is 0.0717. The molecular weight excluding hydrogens is 156 g/mol. The second-order valence-corrected chi connectivity index (χ2v) is 1.95. The molecule has 1 heterocycles. The van der Waals surface area contributed by atoms with Crippen molar-refractivity contribution in [1.29, 1.82) is 0 Å². The molecule has 0 unspecified atom stereocenters. The van der Waals surface area contributed by atoms with Gasteiger partial charge in [0.05, 0.1) is 6.26 Å². The third kappa shape index (κ3) is 1.14. The Bertz CT molecular complexity index is 241. The van der Waals surface area contributed by atoms with Gasteiger partial charge in [-0.2, -0.15) is 0 Å². The summed E-state index contributed by atoms with van der Waals surface area (Å²) in [6.45, 7) is 1.73. The fraction of sp³-hybridized carbons (Fsp3) is 0.167. The summed E-state index contributed by atoms with van der Waals surface area (Å²) in [7, 11) is 0. The summed E-state index contributed by atoms with van der Waals surface area (Å²) >= 11 is 4.81. The Labute approximate surface area is 62.7 Å². The normalized spacial score (nSPS) is 9.40. The Kier molecular flexibility index (Phi) is 1.97. The van der Waals surface area contributed by atoms with Crippen molar-refractivity contribution in [3.63, 3.8) is 0 Å². The van der Waals surface area contributed by atoms with Crippen LogP contribution in [0.25, 0.3) is 0 Å². The monoisotopic (exact) mass is 160 g/mol. The fourth-order valence-corrected chi connectivity index (χ4v) is 0.687. The lowest BCUT2D eigenvalue weighted by Gasteiger charge is -1.89. The molecule has 4 heteroatoms. The predicted octanol–water partition coefficient (Wildman–Crippen LogP) is 1.90. The van der Waals surface area contributed by atoms with E-state index in [9.17, 15) is 4.79 Å². The maximum Gasteiger partial charge on any atom is 0.392 e. The zero-order valence-electron chi connectivity index (χ0n) is 5.26. The van der Waals surface area contributed by atoms with Crippen LogP contribution in [0.4, 0.5) is 0 Å². The van der Waals surface area contributed by atoms with E-state index in [1.165, 1.54) is 6.26 Å². The van der Waals surface area contributed by atoms with Crippen molar-refractivity contribution in [3.8, 4) is 0 Å². The van der Waals surface area contributed by atoms with Gasteiger partial charge < -0.3 is 8.71 Å². The quantitative estimate of drug-likeness (QED) is 0.630. The average Bonchev–Trinajstić information content (AvgIpc) is 2.34. The van der Waals surface area contributed by atoms with Gasteiger partial charge in [-0.05, 0) is 13.0 Å². The van der Waals surface area contributed by atoms with E-state index in [0.717, 1.165) is 0 Å². The highest BCUT2D eigenvalue weighted by Gasteiger charge is 2.12. The van der Waals surface area contributed by atoms with Crippen LogP contribution in [0, 0.1) is 6.92 Å². The third-order valence-electron chi connectivity index (χ3n) is 1.12. The summed E-state index contributed by atoms with van der Waals surface area (Å²) in [4.78, 5) is 10.6. The molecule has 0 fully saturated rings. The molecule has 0 amide bonds. The van der Waals surface area contributed by atoms with Crippen LogP contribution in [0.2, 0.25) is 0 Å². The van der Waals surface area contributed by atoms with Crippen LogP contribution >= 0.6 is 11.9 Å². The van der Waals surface area contributed by atoms with Crippen molar-refractivity contribution < 1.29 is 13.5 Å². The molecule has 0 bridgehead atoms. The second kappa shape index (κ2) is 2.75. The minimum atomic E-state index is -0.663. The molecule has 0 saturated carbocycles. The summed E-state index contributed by atoms with van der Waals surface area (Å²) in [5.41, 5.74) is 0.714. The van der Waals surface area contributed by atoms with Gasteiger partial charge >= 0.3 is 5.97 Å². The molecule has 0 spiro atoms. The predicted molar refractivity (Wildman–Crippen MR) is 34.7 cm³/mol. The molecule has 0 N–H and O–H groups in total. The number of rotatable bonds is 1. The van der Waals surface area contributed by atoms with E-state index in [4.69, 9.17) is 16.3 Å². The summed E-state index contributed by atoms with van der Waals surface area (Å²) in [6, 6.07) is 1.66.